The molecule has 0 aliphatic heterocycles. The van der Waals surface area contributed by atoms with Crippen LogP contribution in [0.5, 0.6) is 5.75 Å². The fourth-order valence-corrected chi connectivity index (χ4v) is 2.74. The van der Waals surface area contributed by atoms with Crippen LogP contribution in [0.25, 0.3) is 0 Å². The minimum Gasteiger partial charge on any atom is -0.496 e. The number of ether oxygens (including phenoxy) is 1. The summed E-state index contributed by atoms with van der Waals surface area (Å²) in [6.45, 7) is 0. The van der Waals surface area contributed by atoms with Crippen LogP contribution in [-0.4, -0.2) is 18.3 Å². The van der Waals surface area contributed by atoms with Gasteiger partial charge in [-0.05, 0) is 37.0 Å². The van der Waals surface area contributed by atoms with Gasteiger partial charge in [0.05, 0.1) is 19.3 Å². The first-order valence-corrected chi connectivity index (χ1v) is 6.40. The molecule has 1 aliphatic carbocycles. The maximum absolute atomic E-state index is 13.3. The van der Waals surface area contributed by atoms with Gasteiger partial charge < -0.3 is 15.6 Å². The van der Waals surface area contributed by atoms with Crippen LogP contribution in [0, 0.1) is 11.7 Å². The summed E-state index contributed by atoms with van der Waals surface area (Å²) in [6, 6.07) is 3.63. The zero-order chi connectivity index (χ0) is 13.1. The fraction of sp³-hybridized carbons (Fsp3) is 0.571. The van der Waals surface area contributed by atoms with E-state index < -0.39 is 12.1 Å². The van der Waals surface area contributed by atoms with Gasteiger partial charge in [-0.25, -0.2) is 4.39 Å². The minimum atomic E-state index is -0.636. The molecule has 0 aromatic heterocycles. The third-order valence-corrected chi connectivity index (χ3v) is 3.80. The third-order valence-electron chi connectivity index (χ3n) is 3.80. The van der Waals surface area contributed by atoms with Crippen LogP contribution >= 0.6 is 0 Å². The van der Waals surface area contributed by atoms with Crippen LogP contribution < -0.4 is 10.5 Å². The van der Waals surface area contributed by atoms with E-state index in [9.17, 15) is 9.50 Å². The topological polar surface area (TPSA) is 55.5 Å². The number of benzene rings is 1. The first-order chi connectivity index (χ1) is 8.63. The summed E-state index contributed by atoms with van der Waals surface area (Å²) >= 11 is 0. The van der Waals surface area contributed by atoms with Gasteiger partial charge in [-0.15, -0.1) is 0 Å². The Morgan fingerprint density at radius 2 is 2.06 bits per heavy atom. The summed E-state index contributed by atoms with van der Waals surface area (Å²) in [5.74, 6) is 0.383. The molecule has 100 valence electrons. The van der Waals surface area contributed by atoms with E-state index in [1.165, 1.54) is 19.2 Å². The van der Waals surface area contributed by atoms with Crippen molar-refractivity contribution in [2.75, 3.05) is 7.11 Å². The zero-order valence-corrected chi connectivity index (χ0v) is 10.6. The van der Waals surface area contributed by atoms with Crippen LogP contribution in [0.2, 0.25) is 0 Å². The number of aliphatic hydroxyl groups is 1. The molecule has 0 spiro atoms. The highest BCUT2D eigenvalue weighted by atomic mass is 19.1. The van der Waals surface area contributed by atoms with E-state index in [-0.39, 0.29) is 11.7 Å². The van der Waals surface area contributed by atoms with E-state index in [1.807, 2.05) is 0 Å². The predicted octanol–water partition coefficient (Wildman–Crippen LogP) is 2.39. The SMILES string of the molecule is COc1ccc(F)cc1[C@@H](N)[C@@H](O)C1CCCC1. The van der Waals surface area contributed by atoms with Gasteiger partial charge >= 0.3 is 0 Å². The van der Waals surface area contributed by atoms with E-state index in [0.29, 0.717) is 11.3 Å². The molecule has 0 radical (unpaired) electrons. The molecule has 1 fully saturated rings. The van der Waals surface area contributed by atoms with Crippen molar-refractivity contribution < 1.29 is 14.2 Å². The van der Waals surface area contributed by atoms with Crippen molar-refractivity contribution in [1.29, 1.82) is 0 Å². The second-order valence-electron chi connectivity index (χ2n) is 4.95. The molecule has 3 N–H and O–H groups in total. The Morgan fingerprint density at radius 1 is 1.39 bits per heavy atom. The molecule has 0 unspecified atom stereocenters. The van der Waals surface area contributed by atoms with E-state index in [1.54, 1.807) is 6.07 Å². The molecular weight excluding hydrogens is 233 g/mol. The lowest BCUT2D eigenvalue weighted by atomic mass is 9.90. The smallest absolute Gasteiger partial charge is 0.123 e. The largest absolute Gasteiger partial charge is 0.496 e. The number of aliphatic hydroxyl groups excluding tert-OH is 1. The van der Waals surface area contributed by atoms with E-state index in [0.717, 1.165) is 25.7 Å². The Morgan fingerprint density at radius 3 is 2.67 bits per heavy atom. The van der Waals surface area contributed by atoms with E-state index >= 15 is 0 Å². The van der Waals surface area contributed by atoms with Crippen molar-refractivity contribution in [3.05, 3.63) is 29.6 Å². The average molecular weight is 253 g/mol. The van der Waals surface area contributed by atoms with Crippen LogP contribution in [-0.2, 0) is 0 Å². The minimum absolute atomic E-state index is 0.216. The van der Waals surface area contributed by atoms with Crippen LogP contribution in [0.15, 0.2) is 18.2 Å². The Labute approximate surface area is 107 Å². The molecule has 1 aromatic rings. The predicted molar refractivity (Wildman–Crippen MR) is 67.8 cm³/mol. The maximum Gasteiger partial charge on any atom is 0.123 e. The summed E-state index contributed by atoms with van der Waals surface area (Å²) in [4.78, 5) is 0. The lowest BCUT2D eigenvalue weighted by Crippen LogP contribution is -2.32. The second kappa shape index (κ2) is 5.67. The van der Waals surface area contributed by atoms with Crippen LogP contribution in [0.3, 0.4) is 0 Å². The second-order valence-corrected chi connectivity index (χ2v) is 4.95. The molecule has 1 aromatic carbocycles. The molecular formula is C14H20FNO2. The Kier molecular flexibility index (Phi) is 4.19. The van der Waals surface area contributed by atoms with Gasteiger partial charge in [0.1, 0.15) is 11.6 Å². The van der Waals surface area contributed by atoms with Gasteiger partial charge in [0.2, 0.25) is 0 Å². The van der Waals surface area contributed by atoms with Gasteiger partial charge in [-0.1, -0.05) is 12.8 Å². The summed E-state index contributed by atoms with van der Waals surface area (Å²) in [6.07, 6.45) is 3.62. The number of nitrogens with two attached hydrogens (primary N) is 1. The zero-order valence-electron chi connectivity index (χ0n) is 10.6. The molecule has 0 saturated heterocycles. The first kappa shape index (κ1) is 13.3. The van der Waals surface area contributed by atoms with E-state index in [4.69, 9.17) is 10.5 Å². The molecule has 0 bridgehead atoms. The van der Waals surface area contributed by atoms with Crippen molar-refractivity contribution in [2.24, 2.45) is 11.7 Å². The summed E-state index contributed by atoms with van der Waals surface area (Å²) in [7, 11) is 1.52. The van der Waals surface area contributed by atoms with Crippen molar-refractivity contribution in [2.45, 2.75) is 37.8 Å². The Hall–Kier alpha value is -1.13. The molecule has 4 heteroatoms. The molecule has 2 atom stereocenters. The van der Waals surface area contributed by atoms with Crippen molar-refractivity contribution in [3.63, 3.8) is 0 Å². The number of rotatable bonds is 4. The fourth-order valence-electron chi connectivity index (χ4n) is 2.74. The number of hydrogen-bond acceptors (Lipinski definition) is 3. The monoisotopic (exact) mass is 253 g/mol. The lowest BCUT2D eigenvalue weighted by Gasteiger charge is -2.25. The third kappa shape index (κ3) is 2.65. The molecule has 3 nitrogen and oxygen atoms in total. The van der Waals surface area contributed by atoms with Crippen LogP contribution in [0.1, 0.15) is 37.3 Å². The van der Waals surface area contributed by atoms with Gasteiger partial charge in [0.25, 0.3) is 0 Å². The molecule has 18 heavy (non-hydrogen) atoms. The average Bonchev–Trinajstić information content (AvgIpc) is 2.90. The quantitative estimate of drug-likeness (QED) is 0.866. The molecule has 0 amide bonds. The lowest BCUT2D eigenvalue weighted by molar-refractivity contribution is 0.0835. The van der Waals surface area contributed by atoms with E-state index in [2.05, 4.69) is 0 Å². The highest BCUT2D eigenvalue weighted by molar-refractivity contribution is 5.37. The van der Waals surface area contributed by atoms with Gasteiger partial charge in [0.15, 0.2) is 0 Å². The Balaban J connectivity index is 2.21. The van der Waals surface area contributed by atoms with Gasteiger partial charge in [-0.2, -0.15) is 0 Å². The highest BCUT2D eigenvalue weighted by Gasteiger charge is 2.30. The summed E-state index contributed by atoms with van der Waals surface area (Å²) < 4.78 is 18.5. The normalized spacial score (nSPS) is 19.8. The molecule has 2 rings (SSSR count). The van der Waals surface area contributed by atoms with Crippen LogP contribution in [0.4, 0.5) is 4.39 Å². The Bertz CT molecular complexity index is 405. The van der Waals surface area contributed by atoms with Gasteiger partial charge in [-0.3, -0.25) is 0 Å². The molecule has 1 aliphatic rings. The van der Waals surface area contributed by atoms with Crippen molar-refractivity contribution >= 4 is 0 Å². The summed E-state index contributed by atoms with van der Waals surface area (Å²) in [5.41, 5.74) is 6.61. The number of methoxy groups -OCH3 is 1. The molecule has 1 saturated carbocycles. The maximum atomic E-state index is 13.3. The summed E-state index contributed by atoms with van der Waals surface area (Å²) in [5, 5.41) is 10.3. The van der Waals surface area contributed by atoms with Gasteiger partial charge in [0, 0.05) is 5.56 Å². The number of halogens is 1. The number of hydrogen-bond donors (Lipinski definition) is 2. The standard InChI is InChI=1S/C14H20FNO2/c1-18-12-7-6-10(15)8-11(12)13(16)14(17)9-4-2-3-5-9/h6-9,13-14,17H,2-5,16H2,1H3/t13-,14+/m1/s1. The van der Waals surface area contributed by atoms with Crippen molar-refractivity contribution in [3.8, 4) is 5.75 Å². The molecule has 0 heterocycles. The first-order valence-electron chi connectivity index (χ1n) is 6.40. The highest BCUT2D eigenvalue weighted by Crippen LogP contribution is 2.35. The van der Waals surface area contributed by atoms with Crippen molar-refractivity contribution in [1.82, 2.24) is 0 Å².